The van der Waals surface area contributed by atoms with Crippen LogP contribution in [0.3, 0.4) is 0 Å². The number of hydrogen-bond donors (Lipinski definition) is 2. The lowest BCUT2D eigenvalue weighted by Gasteiger charge is -2.01. The van der Waals surface area contributed by atoms with Crippen LogP contribution in [0, 0.1) is 0 Å². The predicted octanol–water partition coefficient (Wildman–Crippen LogP) is -0.152. The summed E-state index contributed by atoms with van der Waals surface area (Å²) in [5.41, 5.74) is 0. The molecule has 0 fully saturated rings. The molecule has 0 radical (unpaired) electrons. The predicted molar refractivity (Wildman–Crippen MR) is 42.1 cm³/mol. The third-order valence-electron chi connectivity index (χ3n) is 1.06. The molecule has 0 aromatic rings. The fraction of sp³-hybridized carbons (Fsp3) is 0.571. The number of carbonyl (C=O) groups is 1. The average Bonchev–Trinajstić information content (AvgIpc) is 2.04. The van der Waals surface area contributed by atoms with Crippen LogP contribution in [0.2, 0.25) is 0 Å². The van der Waals surface area contributed by atoms with E-state index < -0.39 is 0 Å². The molecule has 0 unspecified atom stereocenters. The van der Waals surface area contributed by atoms with E-state index in [2.05, 4.69) is 17.2 Å². The number of carbonyl (C=O) groups excluding carboxylic acids is 1. The van der Waals surface area contributed by atoms with Crippen LogP contribution in [0.15, 0.2) is 12.7 Å². The van der Waals surface area contributed by atoms with Gasteiger partial charge in [-0.25, -0.2) is 4.39 Å². The Kier molecular flexibility index (Phi) is 6.62. The van der Waals surface area contributed by atoms with Crippen LogP contribution in [-0.2, 0) is 4.79 Å². The third kappa shape index (κ3) is 6.99. The number of alkyl halides is 1. The van der Waals surface area contributed by atoms with Gasteiger partial charge in [0, 0.05) is 19.6 Å². The summed E-state index contributed by atoms with van der Waals surface area (Å²) in [5.74, 6) is -0.202. The summed E-state index contributed by atoms with van der Waals surface area (Å²) in [7, 11) is 0. The quantitative estimate of drug-likeness (QED) is 0.419. The van der Waals surface area contributed by atoms with Crippen LogP contribution in [0.5, 0.6) is 0 Å². The fourth-order valence-corrected chi connectivity index (χ4v) is 0.538. The third-order valence-corrected chi connectivity index (χ3v) is 1.06. The van der Waals surface area contributed by atoms with Gasteiger partial charge in [-0.05, 0) is 6.08 Å². The molecule has 64 valence electrons. The van der Waals surface area contributed by atoms with Gasteiger partial charge in [0.1, 0.15) is 6.67 Å². The second-order valence-corrected chi connectivity index (χ2v) is 1.93. The van der Waals surface area contributed by atoms with Crippen molar-refractivity contribution in [2.24, 2.45) is 0 Å². The van der Waals surface area contributed by atoms with Crippen molar-refractivity contribution in [2.45, 2.75) is 0 Å². The van der Waals surface area contributed by atoms with Crippen LogP contribution >= 0.6 is 0 Å². The van der Waals surface area contributed by atoms with Crippen LogP contribution in [0.4, 0.5) is 4.39 Å². The van der Waals surface area contributed by atoms with Crippen molar-refractivity contribution in [1.29, 1.82) is 0 Å². The molecule has 0 bridgehead atoms. The van der Waals surface area contributed by atoms with Gasteiger partial charge < -0.3 is 10.6 Å². The Balaban J connectivity index is 3.01. The molecule has 11 heavy (non-hydrogen) atoms. The molecule has 0 aliphatic heterocycles. The van der Waals surface area contributed by atoms with Gasteiger partial charge in [-0.3, -0.25) is 4.79 Å². The van der Waals surface area contributed by atoms with Gasteiger partial charge in [0.2, 0.25) is 5.91 Å². The highest BCUT2D eigenvalue weighted by molar-refractivity contribution is 5.86. The van der Waals surface area contributed by atoms with Crippen molar-refractivity contribution in [1.82, 2.24) is 10.6 Å². The molecule has 0 atom stereocenters. The molecular formula is C7H13FN2O. The van der Waals surface area contributed by atoms with Crippen molar-refractivity contribution in [3.05, 3.63) is 12.7 Å². The van der Waals surface area contributed by atoms with E-state index in [1.807, 2.05) is 0 Å². The minimum Gasteiger partial charge on any atom is -0.351 e. The summed E-state index contributed by atoms with van der Waals surface area (Å²) in [6.07, 6.45) is 1.20. The van der Waals surface area contributed by atoms with E-state index in [9.17, 15) is 9.18 Å². The lowest BCUT2D eigenvalue weighted by molar-refractivity contribution is -0.116. The van der Waals surface area contributed by atoms with E-state index in [4.69, 9.17) is 0 Å². The largest absolute Gasteiger partial charge is 0.351 e. The highest BCUT2D eigenvalue weighted by Gasteiger charge is 1.90. The molecular weight excluding hydrogens is 147 g/mol. The Morgan fingerprint density at radius 2 is 2.18 bits per heavy atom. The first-order chi connectivity index (χ1) is 5.31. The van der Waals surface area contributed by atoms with Gasteiger partial charge in [0.25, 0.3) is 0 Å². The van der Waals surface area contributed by atoms with Crippen LogP contribution in [0.1, 0.15) is 0 Å². The summed E-state index contributed by atoms with van der Waals surface area (Å²) in [5, 5.41) is 5.34. The Morgan fingerprint density at radius 3 is 2.73 bits per heavy atom. The number of nitrogens with one attached hydrogen (secondary N) is 2. The second-order valence-electron chi connectivity index (χ2n) is 1.93. The van der Waals surface area contributed by atoms with Gasteiger partial charge in [0.15, 0.2) is 0 Å². The van der Waals surface area contributed by atoms with Crippen molar-refractivity contribution >= 4 is 5.91 Å². The summed E-state index contributed by atoms with van der Waals surface area (Å²) in [6, 6.07) is 0. The number of rotatable bonds is 6. The summed E-state index contributed by atoms with van der Waals surface area (Å²) < 4.78 is 11.5. The maximum atomic E-state index is 11.5. The summed E-state index contributed by atoms with van der Waals surface area (Å²) in [4.78, 5) is 10.5. The minimum absolute atomic E-state index is 0.202. The van der Waals surface area contributed by atoms with Crippen molar-refractivity contribution < 1.29 is 9.18 Å². The Bertz CT molecular complexity index is 128. The molecule has 0 heterocycles. The highest BCUT2D eigenvalue weighted by atomic mass is 19.1. The first-order valence-electron chi connectivity index (χ1n) is 3.48. The van der Waals surface area contributed by atoms with Crippen LogP contribution in [0.25, 0.3) is 0 Å². The Morgan fingerprint density at radius 1 is 1.45 bits per heavy atom. The van der Waals surface area contributed by atoms with E-state index in [0.717, 1.165) is 0 Å². The van der Waals surface area contributed by atoms with Gasteiger partial charge in [-0.1, -0.05) is 6.58 Å². The minimum atomic E-state index is -0.380. The number of halogens is 1. The first kappa shape index (κ1) is 10.1. The van der Waals surface area contributed by atoms with Gasteiger partial charge in [-0.15, -0.1) is 0 Å². The van der Waals surface area contributed by atoms with Gasteiger partial charge >= 0.3 is 0 Å². The van der Waals surface area contributed by atoms with Gasteiger partial charge in [-0.2, -0.15) is 0 Å². The number of hydrogen-bond acceptors (Lipinski definition) is 2. The van der Waals surface area contributed by atoms with E-state index in [-0.39, 0.29) is 12.6 Å². The average molecular weight is 160 g/mol. The van der Waals surface area contributed by atoms with Crippen molar-refractivity contribution in [3.8, 4) is 0 Å². The van der Waals surface area contributed by atoms with Crippen molar-refractivity contribution in [2.75, 3.05) is 26.3 Å². The Hall–Kier alpha value is -0.900. The fourth-order valence-electron chi connectivity index (χ4n) is 0.538. The molecule has 0 aromatic carbocycles. The molecule has 0 saturated carbocycles. The molecule has 4 heteroatoms. The molecule has 0 rings (SSSR count). The van der Waals surface area contributed by atoms with Crippen LogP contribution in [-0.4, -0.2) is 32.2 Å². The van der Waals surface area contributed by atoms with E-state index in [1.54, 1.807) is 0 Å². The lowest BCUT2D eigenvalue weighted by atomic mass is 10.5. The van der Waals surface area contributed by atoms with Gasteiger partial charge in [0.05, 0.1) is 0 Å². The molecule has 2 N–H and O–H groups in total. The monoisotopic (exact) mass is 160 g/mol. The SMILES string of the molecule is C=CC(=O)NCCNCCF. The van der Waals surface area contributed by atoms with Crippen molar-refractivity contribution in [3.63, 3.8) is 0 Å². The molecule has 1 amide bonds. The zero-order valence-electron chi connectivity index (χ0n) is 6.40. The zero-order valence-corrected chi connectivity index (χ0v) is 6.40. The second kappa shape index (κ2) is 7.21. The van der Waals surface area contributed by atoms with E-state index in [1.165, 1.54) is 6.08 Å². The normalized spacial score (nSPS) is 9.18. The molecule has 3 nitrogen and oxygen atoms in total. The molecule has 0 aliphatic carbocycles. The maximum absolute atomic E-state index is 11.5. The Labute approximate surface area is 65.7 Å². The first-order valence-corrected chi connectivity index (χ1v) is 3.48. The molecule has 0 aliphatic rings. The zero-order chi connectivity index (χ0) is 8.53. The maximum Gasteiger partial charge on any atom is 0.243 e. The standard InChI is InChI=1S/C7H13FN2O/c1-2-7(11)10-6-5-9-4-3-8/h2,9H,1,3-6H2,(H,10,11). The molecule has 0 spiro atoms. The molecule has 0 saturated heterocycles. The summed E-state index contributed by atoms with van der Waals surface area (Å²) >= 11 is 0. The number of amides is 1. The van der Waals surface area contributed by atoms with E-state index >= 15 is 0 Å². The lowest BCUT2D eigenvalue weighted by Crippen LogP contribution is -2.31. The highest BCUT2D eigenvalue weighted by Crippen LogP contribution is 1.66. The van der Waals surface area contributed by atoms with E-state index in [0.29, 0.717) is 19.6 Å². The van der Waals surface area contributed by atoms with Crippen LogP contribution < -0.4 is 10.6 Å². The smallest absolute Gasteiger partial charge is 0.243 e. The molecule has 0 aromatic heterocycles. The topological polar surface area (TPSA) is 41.1 Å². The summed E-state index contributed by atoms with van der Waals surface area (Å²) in [6.45, 7) is 4.33.